The van der Waals surface area contributed by atoms with Crippen LogP contribution in [0.2, 0.25) is 0 Å². The minimum Gasteiger partial charge on any atom is -0.375 e. The zero-order valence-corrected chi connectivity index (χ0v) is 24.6. The lowest BCUT2D eigenvalue weighted by Gasteiger charge is -2.06. The van der Waals surface area contributed by atoms with Gasteiger partial charge in [0.25, 0.3) is 0 Å². The zero-order valence-electron chi connectivity index (χ0n) is 22.9. The van der Waals surface area contributed by atoms with Crippen molar-refractivity contribution in [1.29, 1.82) is 5.41 Å². The van der Waals surface area contributed by atoms with Gasteiger partial charge in [0.1, 0.15) is 0 Å². The van der Waals surface area contributed by atoms with Crippen LogP contribution in [0.4, 0.5) is 10.3 Å². The van der Waals surface area contributed by atoms with Crippen LogP contribution in [0.15, 0.2) is 137 Å². The minimum absolute atomic E-state index is 0. The number of aromatic nitrogens is 2. The number of benzene rings is 4. The van der Waals surface area contributed by atoms with Gasteiger partial charge in [0.05, 0.1) is 22.8 Å². The van der Waals surface area contributed by atoms with Crippen LogP contribution < -0.4 is 5.73 Å². The fraction of sp³-hybridized carbons (Fsp3) is 0.0857. The van der Waals surface area contributed by atoms with E-state index in [1.807, 2.05) is 122 Å². The first-order valence-corrected chi connectivity index (χ1v) is 14.7. The molecular weight excluding hydrogens is 555 g/mol. The zero-order chi connectivity index (χ0) is 28.9. The van der Waals surface area contributed by atoms with Gasteiger partial charge < -0.3 is 5.73 Å². The van der Waals surface area contributed by atoms with Crippen molar-refractivity contribution in [1.82, 2.24) is 9.97 Å². The summed E-state index contributed by atoms with van der Waals surface area (Å²) in [7, 11) is 0. The molecule has 212 valence electrons. The summed E-state index contributed by atoms with van der Waals surface area (Å²) in [6.07, 6.45) is 0. The molecule has 0 radical (unpaired) electrons. The second-order valence-electron chi connectivity index (χ2n) is 8.90. The molecule has 0 unspecified atom stereocenters. The molecule has 0 aliphatic carbocycles. The molecule has 7 heteroatoms. The van der Waals surface area contributed by atoms with E-state index in [1.165, 1.54) is 11.3 Å². The lowest BCUT2D eigenvalue weighted by atomic mass is 10.0. The molecule has 0 fully saturated rings. The Balaban J connectivity index is 0.000000191. The number of nitrogens with one attached hydrogen (secondary N) is 1. The van der Waals surface area contributed by atoms with E-state index >= 15 is 0 Å². The summed E-state index contributed by atoms with van der Waals surface area (Å²) < 4.78 is 0. The number of nitrogens with two attached hydrogens (primary N) is 1. The summed E-state index contributed by atoms with van der Waals surface area (Å²) in [6.45, 7) is 3.91. The number of nitrogens with zero attached hydrogens (tertiary/aromatic N) is 3. The Hall–Kier alpha value is -4.72. The van der Waals surface area contributed by atoms with Crippen molar-refractivity contribution in [2.75, 3.05) is 5.73 Å². The van der Waals surface area contributed by atoms with Crippen molar-refractivity contribution < 1.29 is 0 Å². The van der Waals surface area contributed by atoms with Crippen LogP contribution in [0.25, 0.3) is 0 Å². The monoisotopic (exact) mass is 589 g/mol. The molecule has 5 nitrogen and oxygen atoms in total. The topological polar surface area (TPSA) is 88.0 Å². The first-order valence-electron chi connectivity index (χ1n) is 13.0. The number of rotatable bonds is 5. The molecular formula is C35H35N5S2. The minimum atomic E-state index is 0. The summed E-state index contributed by atoms with van der Waals surface area (Å²) in [5.41, 5.74) is 13.0. The fourth-order valence-corrected chi connectivity index (χ4v) is 4.93. The Labute approximate surface area is 256 Å². The first kappa shape index (κ1) is 31.8. The van der Waals surface area contributed by atoms with Crippen molar-refractivity contribution in [3.8, 4) is 0 Å². The Bertz CT molecular complexity index is 1560. The predicted molar refractivity (Wildman–Crippen MR) is 182 cm³/mol. The quantitative estimate of drug-likeness (QED) is 0.196. The van der Waals surface area contributed by atoms with Gasteiger partial charge in [-0.05, 0) is 25.0 Å². The van der Waals surface area contributed by atoms with Gasteiger partial charge in [0, 0.05) is 21.9 Å². The SMILES string of the molecule is C.Cc1csc(N)n1.Cc1csc(N=C(c2ccccc2)c2ccccc2)n1.N=C(c1ccccc1)c1ccccc1. The second-order valence-corrected chi connectivity index (χ2v) is 10.6. The number of nitrogen functional groups attached to an aromatic ring is 1. The van der Waals surface area contributed by atoms with Gasteiger partial charge in [0.15, 0.2) is 5.13 Å². The maximum atomic E-state index is 7.97. The highest BCUT2D eigenvalue weighted by atomic mass is 32.1. The van der Waals surface area contributed by atoms with Crippen LogP contribution in [-0.4, -0.2) is 21.4 Å². The van der Waals surface area contributed by atoms with Crippen LogP contribution in [-0.2, 0) is 0 Å². The largest absolute Gasteiger partial charge is 0.375 e. The number of thiazole rings is 2. The summed E-state index contributed by atoms with van der Waals surface area (Å²) >= 11 is 3.04. The van der Waals surface area contributed by atoms with E-state index in [0.29, 0.717) is 10.8 Å². The normalized spacial score (nSPS) is 9.67. The molecule has 3 N–H and O–H groups in total. The number of aliphatic imine (C=N–C) groups is 1. The van der Waals surface area contributed by atoms with Crippen molar-refractivity contribution in [3.05, 3.63) is 166 Å². The van der Waals surface area contributed by atoms with Gasteiger partial charge in [-0.2, -0.15) is 0 Å². The third kappa shape index (κ3) is 9.73. The maximum Gasteiger partial charge on any atom is 0.209 e. The van der Waals surface area contributed by atoms with Gasteiger partial charge in [-0.15, -0.1) is 22.7 Å². The number of anilines is 1. The summed E-state index contributed by atoms with van der Waals surface area (Å²) in [6, 6.07) is 40.0. The molecule has 42 heavy (non-hydrogen) atoms. The maximum absolute atomic E-state index is 7.97. The molecule has 0 atom stereocenters. The Kier molecular flexibility index (Phi) is 12.5. The smallest absolute Gasteiger partial charge is 0.209 e. The lowest BCUT2D eigenvalue weighted by molar-refractivity contribution is 1.24. The van der Waals surface area contributed by atoms with E-state index in [4.69, 9.17) is 16.1 Å². The third-order valence-corrected chi connectivity index (χ3v) is 7.31. The average Bonchev–Trinajstić information content (AvgIpc) is 3.63. The number of hydrogen-bond donors (Lipinski definition) is 2. The van der Waals surface area contributed by atoms with Crippen LogP contribution in [0.5, 0.6) is 0 Å². The summed E-state index contributed by atoms with van der Waals surface area (Å²) in [5, 5.41) is 13.4. The number of hydrogen-bond acceptors (Lipinski definition) is 7. The van der Waals surface area contributed by atoms with Crippen LogP contribution in [0.3, 0.4) is 0 Å². The van der Waals surface area contributed by atoms with Gasteiger partial charge in [-0.25, -0.2) is 15.0 Å². The molecule has 0 saturated carbocycles. The van der Waals surface area contributed by atoms with Crippen molar-refractivity contribution in [2.24, 2.45) is 4.99 Å². The third-order valence-electron chi connectivity index (χ3n) is 5.67. The molecule has 0 saturated heterocycles. The molecule has 0 aliphatic heterocycles. The molecule has 2 heterocycles. The Morgan fingerprint density at radius 1 is 0.595 bits per heavy atom. The summed E-state index contributed by atoms with van der Waals surface area (Å²) in [4.78, 5) is 13.1. The van der Waals surface area contributed by atoms with E-state index in [-0.39, 0.29) is 7.43 Å². The molecule has 6 rings (SSSR count). The predicted octanol–water partition coefficient (Wildman–Crippen LogP) is 9.39. The average molecular weight is 590 g/mol. The first-order chi connectivity index (χ1) is 20.0. The Morgan fingerprint density at radius 3 is 1.29 bits per heavy atom. The van der Waals surface area contributed by atoms with Crippen LogP contribution >= 0.6 is 22.7 Å². The molecule has 0 aliphatic rings. The van der Waals surface area contributed by atoms with Crippen molar-refractivity contribution in [3.63, 3.8) is 0 Å². The highest BCUT2D eigenvalue weighted by Crippen LogP contribution is 2.22. The second kappa shape index (κ2) is 16.5. The van der Waals surface area contributed by atoms with Crippen LogP contribution in [0.1, 0.15) is 41.1 Å². The van der Waals surface area contributed by atoms with Gasteiger partial charge in [0.2, 0.25) is 5.13 Å². The van der Waals surface area contributed by atoms with E-state index in [0.717, 1.165) is 44.5 Å². The Morgan fingerprint density at radius 2 is 0.976 bits per heavy atom. The molecule has 4 aromatic carbocycles. The number of aryl methyl sites for hydroxylation is 2. The highest BCUT2D eigenvalue weighted by molar-refractivity contribution is 7.13. The van der Waals surface area contributed by atoms with Crippen LogP contribution in [0, 0.1) is 19.3 Å². The fourth-order valence-electron chi connectivity index (χ4n) is 3.72. The molecule has 2 aromatic heterocycles. The van der Waals surface area contributed by atoms with E-state index in [1.54, 1.807) is 11.3 Å². The van der Waals surface area contributed by atoms with E-state index < -0.39 is 0 Å². The lowest BCUT2D eigenvalue weighted by Crippen LogP contribution is -2.02. The van der Waals surface area contributed by atoms with Gasteiger partial charge in [-0.3, -0.25) is 5.41 Å². The van der Waals surface area contributed by atoms with E-state index in [2.05, 4.69) is 34.2 Å². The van der Waals surface area contributed by atoms with Gasteiger partial charge in [-0.1, -0.05) is 129 Å². The van der Waals surface area contributed by atoms with Crippen molar-refractivity contribution in [2.45, 2.75) is 21.3 Å². The van der Waals surface area contributed by atoms with Crippen molar-refractivity contribution >= 4 is 44.4 Å². The molecule has 6 aromatic rings. The summed E-state index contributed by atoms with van der Waals surface area (Å²) in [5.74, 6) is 0. The molecule has 0 amide bonds. The van der Waals surface area contributed by atoms with Gasteiger partial charge >= 0.3 is 0 Å². The molecule has 0 bridgehead atoms. The van der Waals surface area contributed by atoms with E-state index in [9.17, 15) is 0 Å². The molecule has 0 spiro atoms. The highest BCUT2D eigenvalue weighted by Gasteiger charge is 2.08. The standard InChI is InChI=1S/C17H14N2S.C13H11N.C4H6N2S.CH4/c1-13-12-20-17(18-13)19-16(14-8-4-2-5-9-14)15-10-6-3-7-11-15;14-13(11-7-3-1-4-8-11)12-9-5-2-6-10-12;1-3-2-7-4(5)6-3;/h2-12H,1H3;1-10,14H;2H,1H3,(H2,5,6);1H4.